The van der Waals surface area contributed by atoms with Gasteiger partial charge < -0.3 is 9.73 Å². The lowest BCUT2D eigenvalue weighted by Crippen LogP contribution is -2.26. The molecule has 1 heterocycles. The number of fused-ring (bicyclic) bond motifs is 1. The highest BCUT2D eigenvalue weighted by Crippen LogP contribution is 2.25. The number of halogens is 1. The number of carbonyl (C=O) groups excluding carboxylic acids is 1. The maximum atomic E-state index is 12.2. The topological polar surface area (TPSA) is 42.2 Å². The molecule has 3 rings (SSSR count). The van der Waals surface area contributed by atoms with Crippen molar-refractivity contribution >= 4 is 28.3 Å². The van der Waals surface area contributed by atoms with Crippen molar-refractivity contribution in [2.75, 3.05) is 0 Å². The van der Waals surface area contributed by atoms with Gasteiger partial charge in [0.15, 0.2) is 0 Å². The van der Waals surface area contributed by atoms with Crippen LogP contribution in [0.1, 0.15) is 28.9 Å². The summed E-state index contributed by atoms with van der Waals surface area (Å²) < 4.78 is 4.95. The Kier molecular flexibility index (Phi) is 3.67. The highest BCUT2D eigenvalue weighted by molar-refractivity contribution is 6.32. The van der Waals surface area contributed by atoms with Crippen molar-refractivity contribution in [2.24, 2.45) is 0 Å². The molecule has 3 nitrogen and oxygen atoms in total. The molecule has 4 heteroatoms. The molecule has 1 unspecified atom stereocenters. The van der Waals surface area contributed by atoms with Gasteiger partial charge in [0, 0.05) is 0 Å². The Morgan fingerprint density at radius 3 is 2.67 bits per heavy atom. The fourth-order valence-corrected chi connectivity index (χ4v) is 2.64. The summed E-state index contributed by atoms with van der Waals surface area (Å²) in [6.45, 7) is 1.95. The highest BCUT2D eigenvalue weighted by atomic mass is 35.5. The summed E-state index contributed by atoms with van der Waals surface area (Å²) in [5.74, 6) is -0.241. The van der Waals surface area contributed by atoms with Crippen LogP contribution >= 0.6 is 11.6 Å². The molecule has 1 amide bonds. The van der Waals surface area contributed by atoms with Crippen LogP contribution in [0.5, 0.6) is 0 Å². The van der Waals surface area contributed by atoms with Crippen LogP contribution in [-0.2, 0) is 0 Å². The molecule has 0 aliphatic rings. The van der Waals surface area contributed by atoms with E-state index in [1.165, 1.54) is 6.26 Å². The Balaban J connectivity index is 1.89. The molecule has 0 radical (unpaired) electrons. The zero-order valence-corrected chi connectivity index (χ0v) is 12.2. The minimum Gasteiger partial charge on any atom is -0.452 e. The molecule has 0 fully saturated rings. The number of amides is 1. The third-order valence-electron chi connectivity index (χ3n) is 3.50. The number of hydrogen-bond donors (Lipinski definition) is 1. The van der Waals surface area contributed by atoms with Crippen molar-refractivity contribution in [2.45, 2.75) is 13.0 Å². The van der Waals surface area contributed by atoms with Gasteiger partial charge in [-0.1, -0.05) is 42.5 Å². The van der Waals surface area contributed by atoms with E-state index in [0.717, 1.165) is 16.3 Å². The Bertz CT molecular complexity index is 789. The number of benzene rings is 2. The summed E-state index contributed by atoms with van der Waals surface area (Å²) in [6, 6.07) is 15.6. The van der Waals surface area contributed by atoms with Crippen molar-refractivity contribution in [1.82, 2.24) is 5.32 Å². The maximum absolute atomic E-state index is 12.2. The summed E-state index contributed by atoms with van der Waals surface area (Å²) in [4.78, 5) is 12.2. The standard InChI is InChI=1S/C17H14ClNO2/c1-11(19-17(20)15-9-10-21-16(15)18)13-8-4-6-12-5-2-3-7-14(12)13/h2-11H,1H3,(H,19,20). The van der Waals surface area contributed by atoms with Gasteiger partial charge in [0.2, 0.25) is 5.22 Å². The molecule has 1 N–H and O–H groups in total. The van der Waals surface area contributed by atoms with Crippen LogP contribution in [0.4, 0.5) is 0 Å². The molecule has 0 aliphatic carbocycles. The molecule has 106 valence electrons. The fourth-order valence-electron chi connectivity index (χ4n) is 2.44. The molecule has 0 saturated heterocycles. The van der Waals surface area contributed by atoms with Crippen molar-refractivity contribution in [3.8, 4) is 0 Å². The molecular formula is C17H14ClNO2. The molecule has 21 heavy (non-hydrogen) atoms. The second-order valence-electron chi connectivity index (χ2n) is 4.87. The number of carbonyl (C=O) groups is 1. The molecule has 1 aromatic heterocycles. The molecule has 0 saturated carbocycles. The molecule has 1 atom stereocenters. The van der Waals surface area contributed by atoms with E-state index in [-0.39, 0.29) is 17.2 Å². The van der Waals surface area contributed by atoms with Crippen LogP contribution in [0.2, 0.25) is 5.22 Å². The molecule has 2 aromatic carbocycles. The van der Waals surface area contributed by atoms with Crippen LogP contribution in [0, 0.1) is 0 Å². The van der Waals surface area contributed by atoms with E-state index >= 15 is 0 Å². The van der Waals surface area contributed by atoms with Gasteiger partial charge in [-0.25, -0.2) is 0 Å². The van der Waals surface area contributed by atoms with Crippen LogP contribution in [0.15, 0.2) is 59.2 Å². The summed E-state index contributed by atoms with van der Waals surface area (Å²) in [6.07, 6.45) is 1.40. The number of rotatable bonds is 3. The van der Waals surface area contributed by atoms with Gasteiger partial charge in [-0.3, -0.25) is 4.79 Å². The first kappa shape index (κ1) is 13.7. The Labute approximate surface area is 127 Å². The second-order valence-corrected chi connectivity index (χ2v) is 5.21. The fraction of sp³-hybridized carbons (Fsp3) is 0.118. The van der Waals surface area contributed by atoms with Crippen LogP contribution < -0.4 is 5.32 Å². The first-order chi connectivity index (χ1) is 10.2. The molecule has 3 aromatic rings. The normalized spacial score (nSPS) is 12.3. The van der Waals surface area contributed by atoms with E-state index in [2.05, 4.69) is 23.5 Å². The van der Waals surface area contributed by atoms with E-state index in [9.17, 15) is 4.79 Å². The van der Waals surface area contributed by atoms with Gasteiger partial charge in [0.25, 0.3) is 5.91 Å². The number of hydrogen-bond acceptors (Lipinski definition) is 2. The minimum atomic E-state index is -0.241. The predicted octanol–water partition coefficient (Wildman–Crippen LogP) is 4.58. The van der Waals surface area contributed by atoms with E-state index in [1.807, 2.05) is 31.2 Å². The summed E-state index contributed by atoms with van der Waals surface area (Å²) in [5, 5.41) is 5.34. The van der Waals surface area contributed by atoms with E-state index in [4.69, 9.17) is 16.0 Å². The molecule has 0 aliphatic heterocycles. The smallest absolute Gasteiger partial charge is 0.256 e. The number of nitrogens with one attached hydrogen (secondary N) is 1. The van der Waals surface area contributed by atoms with Crippen LogP contribution in [-0.4, -0.2) is 5.91 Å². The van der Waals surface area contributed by atoms with Gasteiger partial charge in [-0.05, 0) is 40.9 Å². The quantitative estimate of drug-likeness (QED) is 0.769. The zero-order valence-electron chi connectivity index (χ0n) is 11.5. The van der Waals surface area contributed by atoms with Gasteiger partial charge >= 0.3 is 0 Å². The lowest BCUT2D eigenvalue weighted by molar-refractivity contribution is 0.0939. The summed E-state index contributed by atoms with van der Waals surface area (Å²) in [5.41, 5.74) is 1.42. The average Bonchev–Trinajstić information content (AvgIpc) is 2.92. The molecular weight excluding hydrogens is 286 g/mol. The molecule has 0 spiro atoms. The van der Waals surface area contributed by atoms with Crippen molar-refractivity contribution in [3.05, 3.63) is 71.1 Å². The maximum Gasteiger partial charge on any atom is 0.256 e. The van der Waals surface area contributed by atoms with Gasteiger partial charge in [0.1, 0.15) is 0 Å². The van der Waals surface area contributed by atoms with Gasteiger partial charge in [-0.15, -0.1) is 0 Å². The number of furan rings is 1. The largest absolute Gasteiger partial charge is 0.452 e. The predicted molar refractivity (Wildman–Crippen MR) is 83.5 cm³/mol. The van der Waals surface area contributed by atoms with E-state index in [1.54, 1.807) is 6.07 Å². The van der Waals surface area contributed by atoms with Crippen molar-refractivity contribution in [1.29, 1.82) is 0 Å². The lowest BCUT2D eigenvalue weighted by Gasteiger charge is -2.16. The van der Waals surface area contributed by atoms with E-state index in [0.29, 0.717) is 5.56 Å². The van der Waals surface area contributed by atoms with Crippen LogP contribution in [0.25, 0.3) is 10.8 Å². The first-order valence-electron chi connectivity index (χ1n) is 6.68. The van der Waals surface area contributed by atoms with Gasteiger partial charge in [-0.2, -0.15) is 0 Å². The highest BCUT2D eigenvalue weighted by Gasteiger charge is 2.17. The SMILES string of the molecule is CC(NC(=O)c1ccoc1Cl)c1cccc2ccccc12. The lowest BCUT2D eigenvalue weighted by atomic mass is 9.99. The van der Waals surface area contributed by atoms with Crippen molar-refractivity contribution in [3.63, 3.8) is 0 Å². The Morgan fingerprint density at radius 2 is 1.90 bits per heavy atom. The Hall–Kier alpha value is -2.26. The summed E-state index contributed by atoms with van der Waals surface area (Å²) in [7, 11) is 0. The van der Waals surface area contributed by atoms with Crippen LogP contribution in [0.3, 0.4) is 0 Å². The van der Waals surface area contributed by atoms with E-state index < -0.39 is 0 Å². The minimum absolute atomic E-state index is 0.109. The zero-order chi connectivity index (χ0) is 14.8. The third-order valence-corrected chi connectivity index (χ3v) is 3.79. The first-order valence-corrected chi connectivity index (χ1v) is 7.06. The molecule has 0 bridgehead atoms. The van der Waals surface area contributed by atoms with Crippen molar-refractivity contribution < 1.29 is 9.21 Å². The average molecular weight is 300 g/mol. The second kappa shape index (κ2) is 5.62. The summed E-state index contributed by atoms with van der Waals surface area (Å²) >= 11 is 5.83. The third kappa shape index (κ3) is 2.65. The van der Waals surface area contributed by atoms with Gasteiger partial charge in [0.05, 0.1) is 17.9 Å². The monoisotopic (exact) mass is 299 g/mol. The Morgan fingerprint density at radius 1 is 1.14 bits per heavy atom.